The van der Waals surface area contributed by atoms with E-state index in [-0.39, 0.29) is 12.3 Å². The van der Waals surface area contributed by atoms with E-state index in [1.165, 1.54) is 0 Å². The summed E-state index contributed by atoms with van der Waals surface area (Å²) in [5.74, 6) is 1.04. The molecule has 8 heteroatoms. The van der Waals surface area contributed by atoms with Crippen molar-refractivity contribution in [2.24, 2.45) is 0 Å². The highest BCUT2D eigenvalue weighted by atomic mass is 35.5. The fourth-order valence-corrected chi connectivity index (χ4v) is 3.95. The van der Waals surface area contributed by atoms with E-state index in [9.17, 15) is 4.79 Å². The molecule has 1 saturated heterocycles. The number of aromatic nitrogens is 1. The highest BCUT2D eigenvalue weighted by Gasteiger charge is 2.19. The number of aryl methyl sites for hydroxylation is 1. The highest BCUT2D eigenvalue weighted by Crippen LogP contribution is 2.30. The number of nitrogens with one attached hydrogen (secondary N) is 1. The monoisotopic (exact) mass is 417 g/mol. The van der Waals surface area contributed by atoms with Gasteiger partial charge >= 0.3 is 0 Å². The van der Waals surface area contributed by atoms with Gasteiger partial charge in [0.05, 0.1) is 41.6 Å². The number of carbonyl (C=O) groups excluding carboxylic acids is 1. The third-order valence-corrected chi connectivity index (χ3v) is 5.63. The summed E-state index contributed by atoms with van der Waals surface area (Å²) in [6.45, 7) is 4.71. The van der Waals surface area contributed by atoms with Gasteiger partial charge in [0.15, 0.2) is 0 Å². The van der Waals surface area contributed by atoms with Crippen molar-refractivity contribution >= 4 is 40.2 Å². The van der Waals surface area contributed by atoms with Crippen LogP contribution >= 0.6 is 22.9 Å². The lowest BCUT2D eigenvalue weighted by Crippen LogP contribution is -2.36. The number of rotatable bonds is 5. The summed E-state index contributed by atoms with van der Waals surface area (Å²) in [5.41, 5.74) is 2.27. The van der Waals surface area contributed by atoms with Crippen LogP contribution < -0.4 is 10.2 Å². The molecule has 0 bridgehead atoms. The first-order valence-electron chi connectivity index (χ1n) is 9.02. The number of hydrogen-bond acceptors (Lipinski definition) is 6. The van der Waals surface area contributed by atoms with Crippen molar-refractivity contribution in [1.29, 1.82) is 0 Å². The Bertz CT molecular complexity index is 965. The maximum absolute atomic E-state index is 12.7. The van der Waals surface area contributed by atoms with Gasteiger partial charge < -0.3 is 19.4 Å². The first-order valence-corrected chi connectivity index (χ1v) is 10.3. The number of anilines is 2. The predicted molar refractivity (Wildman–Crippen MR) is 111 cm³/mol. The number of halogens is 1. The van der Waals surface area contributed by atoms with Crippen molar-refractivity contribution in [2.75, 3.05) is 36.5 Å². The van der Waals surface area contributed by atoms with Gasteiger partial charge in [0, 0.05) is 18.1 Å². The Hall–Kier alpha value is -2.35. The van der Waals surface area contributed by atoms with Gasteiger partial charge in [0.2, 0.25) is 11.8 Å². The maximum atomic E-state index is 12.7. The topological polar surface area (TPSA) is 67.6 Å². The molecule has 6 nitrogen and oxygen atoms in total. The number of morpholine rings is 1. The summed E-state index contributed by atoms with van der Waals surface area (Å²) in [5, 5.41) is 5.52. The smallest absolute Gasteiger partial charge is 0.236 e. The largest absolute Gasteiger partial charge is 0.440 e. The van der Waals surface area contributed by atoms with Crippen LogP contribution in [0.1, 0.15) is 11.5 Å². The van der Waals surface area contributed by atoms with Crippen LogP contribution in [0.2, 0.25) is 5.02 Å². The lowest BCUT2D eigenvalue weighted by Gasteiger charge is -2.30. The van der Waals surface area contributed by atoms with Gasteiger partial charge in [-0.15, -0.1) is 11.3 Å². The molecule has 0 radical (unpaired) electrons. The fourth-order valence-electron chi connectivity index (χ4n) is 3.13. The summed E-state index contributed by atoms with van der Waals surface area (Å²) >= 11 is 7.72. The summed E-state index contributed by atoms with van der Waals surface area (Å²) in [6, 6.07) is 9.42. The zero-order chi connectivity index (χ0) is 19.5. The molecule has 1 aromatic carbocycles. The molecule has 1 fully saturated rings. The zero-order valence-electron chi connectivity index (χ0n) is 15.4. The molecular weight excluding hydrogens is 398 g/mol. The first-order chi connectivity index (χ1) is 13.6. The Labute approximate surface area is 172 Å². The van der Waals surface area contributed by atoms with Gasteiger partial charge in [-0.1, -0.05) is 17.7 Å². The minimum Gasteiger partial charge on any atom is -0.440 e. The van der Waals surface area contributed by atoms with Crippen LogP contribution in [0.5, 0.6) is 0 Å². The van der Waals surface area contributed by atoms with Crippen LogP contribution in [-0.2, 0) is 16.0 Å². The van der Waals surface area contributed by atoms with Crippen molar-refractivity contribution in [1.82, 2.24) is 4.98 Å². The van der Waals surface area contributed by atoms with Crippen molar-refractivity contribution in [3.8, 4) is 10.8 Å². The number of ether oxygens (including phenoxy) is 1. The van der Waals surface area contributed by atoms with Gasteiger partial charge in [-0.3, -0.25) is 4.79 Å². The van der Waals surface area contributed by atoms with Gasteiger partial charge in [0.25, 0.3) is 0 Å². The van der Waals surface area contributed by atoms with Crippen LogP contribution in [0.25, 0.3) is 10.8 Å². The van der Waals surface area contributed by atoms with E-state index in [0.29, 0.717) is 41.3 Å². The summed E-state index contributed by atoms with van der Waals surface area (Å²) in [6.07, 6.45) is 0.135. The van der Waals surface area contributed by atoms with E-state index < -0.39 is 0 Å². The number of carbonyl (C=O) groups is 1. The normalized spacial score (nSPS) is 14.3. The number of benzene rings is 1. The summed E-state index contributed by atoms with van der Waals surface area (Å²) in [7, 11) is 0. The molecular formula is C20H20ClN3O3S. The lowest BCUT2D eigenvalue weighted by atomic mass is 10.2. The number of amides is 1. The molecule has 0 unspecified atom stereocenters. The highest BCUT2D eigenvalue weighted by molar-refractivity contribution is 7.13. The van der Waals surface area contributed by atoms with E-state index in [0.717, 1.165) is 23.7 Å². The zero-order valence-corrected chi connectivity index (χ0v) is 17.0. The van der Waals surface area contributed by atoms with Crippen LogP contribution in [-0.4, -0.2) is 37.2 Å². The average molecular weight is 418 g/mol. The summed E-state index contributed by atoms with van der Waals surface area (Å²) < 4.78 is 11.1. The van der Waals surface area contributed by atoms with Crippen LogP contribution in [0.15, 0.2) is 40.1 Å². The molecule has 4 rings (SSSR count). The number of oxazole rings is 1. The van der Waals surface area contributed by atoms with E-state index in [4.69, 9.17) is 20.8 Å². The quantitative estimate of drug-likeness (QED) is 0.667. The average Bonchev–Trinajstić information content (AvgIpc) is 3.33. The molecule has 146 valence electrons. The Morgan fingerprint density at radius 1 is 1.32 bits per heavy atom. The third kappa shape index (κ3) is 4.22. The predicted octanol–water partition coefficient (Wildman–Crippen LogP) is 4.38. The molecule has 1 amide bonds. The van der Waals surface area contributed by atoms with Gasteiger partial charge in [0.1, 0.15) is 5.76 Å². The number of hydrogen-bond donors (Lipinski definition) is 1. The minimum absolute atomic E-state index is 0.135. The molecule has 0 spiro atoms. The Balaban J connectivity index is 1.50. The molecule has 0 atom stereocenters. The molecule has 3 aromatic rings. The van der Waals surface area contributed by atoms with Crippen molar-refractivity contribution in [3.05, 3.63) is 52.2 Å². The third-order valence-electron chi connectivity index (χ3n) is 4.54. The van der Waals surface area contributed by atoms with E-state index in [2.05, 4.69) is 15.2 Å². The second-order valence-electron chi connectivity index (χ2n) is 6.49. The SMILES string of the molecule is Cc1oc(-c2cccs2)nc1CC(=O)Nc1cc(Cl)ccc1N1CCOCC1. The van der Waals surface area contributed by atoms with Crippen LogP contribution in [0.3, 0.4) is 0 Å². The second kappa shape index (κ2) is 8.34. The number of thiophene rings is 1. The Morgan fingerprint density at radius 3 is 2.89 bits per heavy atom. The number of nitrogens with zero attached hydrogens (tertiary/aromatic N) is 2. The van der Waals surface area contributed by atoms with E-state index in [1.807, 2.05) is 36.6 Å². The maximum Gasteiger partial charge on any atom is 0.236 e. The minimum atomic E-state index is -0.161. The molecule has 1 aliphatic heterocycles. The van der Waals surface area contributed by atoms with Crippen molar-refractivity contribution < 1.29 is 13.9 Å². The molecule has 0 saturated carbocycles. The molecule has 2 aromatic heterocycles. The van der Waals surface area contributed by atoms with Gasteiger partial charge in [-0.05, 0) is 36.6 Å². The summed E-state index contributed by atoms with van der Waals surface area (Å²) in [4.78, 5) is 20.3. The second-order valence-corrected chi connectivity index (χ2v) is 7.87. The molecule has 1 aliphatic rings. The van der Waals surface area contributed by atoms with Gasteiger partial charge in [-0.2, -0.15) is 0 Å². The standard InChI is InChI=1S/C20H20ClN3O3S/c1-13-15(23-20(27-13)18-3-2-10-28-18)12-19(25)22-16-11-14(21)4-5-17(16)24-6-8-26-9-7-24/h2-5,10-11H,6-9,12H2,1H3,(H,22,25). The van der Waals surface area contributed by atoms with Crippen molar-refractivity contribution in [2.45, 2.75) is 13.3 Å². The molecule has 1 N–H and O–H groups in total. The van der Waals surface area contributed by atoms with Gasteiger partial charge in [-0.25, -0.2) is 4.98 Å². The molecule has 0 aliphatic carbocycles. The van der Waals surface area contributed by atoms with E-state index in [1.54, 1.807) is 17.4 Å². The Morgan fingerprint density at radius 2 is 2.14 bits per heavy atom. The van der Waals surface area contributed by atoms with Crippen molar-refractivity contribution in [3.63, 3.8) is 0 Å². The Kier molecular flexibility index (Phi) is 5.66. The fraction of sp³-hybridized carbons (Fsp3) is 0.300. The van der Waals surface area contributed by atoms with Crippen LogP contribution in [0.4, 0.5) is 11.4 Å². The molecule has 3 heterocycles. The first kappa shape index (κ1) is 19.0. The lowest BCUT2D eigenvalue weighted by molar-refractivity contribution is -0.115. The van der Waals surface area contributed by atoms with Crippen LogP contribution in [0, 0.1) is 6.92 Å². The van der Waals surface area contributed by atoms with E-state index >= 15 is 0 Å². The molecule has 28 heavy (non-hydrogen) atoms.